The monoisotopic (exact) mass is 570 g/mol. The van der Waals surface area contributed by atoms with Crippen molar-refractivity contribution in [1.29, 1.82) is 0 Å². The van der Waals surface area contributed by atoms with Crippen molar-refractivity contribution in [3.8, 4) is 0 Å². The van der Waals surface area contributed by atoms with E-state index >= 15 is 0 Å². The molecule has 1 N–H and O–H groups in total. The van der Waals surface area contributed by atoms with E-state index in [1.54, 1.807) is 19.4 Å². The van der Waals surface area contributed by atoms with E-state index in [0.29, 0.717) is 29.8 Å². The van der Waals surface area contributed by atoms with Gasteiger partial charge in [-0.2, -0.15) is 0 Å². The number of hydrogen-bond acceptors (Lipinski definition) is 9. The molecule has 0 spiro atoms. The summed E-state index contributed by atoms with van der Waals surface area (Å²) in [5.74, 6) is 2.08. The minimum atomic E-state index is -0.276. The van der Waals surface area contributed by atoms with Crippen LogP contribution in [0, 0.1) is 0 Å². The van der Waals surface area contributed by atoms with Crippen LogP contribution in [0.3, 0.4) is 0 Å². The molecule has 1 saturated heterocycles. The first-order valence-corrected chi connectivity index (χ1v) is 14.6. The molecule has 0 radical (unpaired) electrons. The molecule has 9 nitrogen and oxygen atoms in total. The predicted molar refractivity (Wildman–Crippen MR) is 161 cm³/mol. The van der Waals surface area contributed by atoms with Crippen molar-refractivity contribution in [3.05, 3.63) is 107 Å². The molecule has 5 rings (SSSR count). The van der Waals surface area contributed by atoms with E-state index in [1.807, 2.05) is 36.4 Å². The highest BCUT2D eigenvalue weighted by Crippen LogP contribution is 2.25. The molecule has 1 fully saturated rings. The second-order valence-electron chi connectivity index (χ2n) is 9.59. The summed E-state index contributed by atoms with van der Waals surface area (Å²) in [4.78, 5) is 31.0. The topological polar surface area (TPSA) is 96.6 Å². The standard InChI is InChI=1S/C31H34N6O3S/c1-39-22-26-20-29(37-18-16-36(17-19-37)15-7-10-24-8-3-2-4-9-24)35-31(34-26)41-23-27-12-13-28(40-27)30(38)33-21-25-11-5-6-14-32-25/h2-14,20H,15-19,21-23H2,1H3,(H,33,38)/b10-7+. The average molecular weight is 571 g/mol. The van der Waals surface area contributed by atoms with Gasteiger partial charge in [-0.25, -0.2) is 9.97 Å². The number of furan rings is 1. The van der Waals surface area contributed by atoms with Crippen LogP contribution in [-0.2, 0) is 23.6 Å². The quantitative estimate of drug-likeness (QED) is 0.193. The van der Waals surface area contributed by atoms with Crippen LogP contribution in [0.25, 0.3) is 6.08 Å². The van der Waals surface area contributed by atoms with Gasteiger partial charge in [-0.3, -0.25) is 14.7 Å². The zero-order valence-electron chi connectivity index (χ0n) is 23.1. The Bertz CT molecular complexity index is 1420. The summed E-state index contributed by atoms with van der Waals surface area (Å²) < 4.78 is 11.2. The lowest BCUT2D eigenvalue weighted by atomic mass is 10.2. The van der Waals surface area contributed by atoms with E-state index in [4.69, 9.17) is 14.1 Å². The highest BCUT2D eigenvalue weighted by molar-refractivity contribution is 7.98. The number of piperazine rings is 1. The Balaban J connectivity index is 1.14. The van der Waals surface area contributed by atoms with Crippen LogP contribution in [0.5, 0.6) is 0 Å². The van der Waals surface area contributed by atoms with Crippen LogP contribution in [0.15, 0.2) is 88.6 Å². The molecule has 1 amide bonds. The van der Waals surface area contributed by atoms with E-state index < -0.39 is 0 Å². The Morgan fingerprint density at radius 2 is 1.85 bits per heavy atom. The minimum absolute atomic E-state index is 0.266. The molecule has 41 heavy (non-hydrogen) atoms. The number of thioether (sulfide) groups is 1. The first-order valence-electron chi connectivity index (χ1n) is 13.6. The van der Waals surface area contributed by atoms with Crippen molar-refractivity contribution in [3.63, 3.8) is 0 Å². The number of methoxy groups -OCH3 is 1. The molecular formula is C31H34N6O3S. The predicted octanol–water partition coefficient (Wildman–Crippen LogP) is 4.67. The van der Waals surface area contributed by atoms with Crippen LogP contribution < -0.4 is 10.2 Å². The second-order valence-corrected chi connectivity index (χ2v) is 10.5. The van der Waals surface area contributed by atoms with Crippen molar-refractivity contribution in [2.75, 3.05) is 44.7 Å². The first kappa shape index (κ1) is 28.5. The molecule has 0 atom stereocenters. The van der Waals surface area contributed by atoms with E-state index in [-0.39, 0.29) is 11.7 Å². The number of carbonyl (C=O) groups is 1. The Morgan fingerprint density at radius 3 is 2.63 bits per heavy atom. The van der Waals surface area contributed by atoms with Gasteiger partial charge < -0.3 is 19.4 Å². The first-order chi connectivity index (χ1) is 20.2. The van der Waals surface area contributed by atoms with Crippen LogP contribution in [0.4, 0.5) is 5.82 Å². The fraction of sp³-hybridized carbons (Fsp3) is 0.290. The van der Waals surface area contributed by atoms with E-state index in [1.165, 1.54) is 17.3 Å². The number of benzene rings is 1. The Labute approximate surface area is 244 Å². The van der Waals surface area contributed by atoms with Crippen LogP contribution in [-0.4, -0.2) is 65.6 Å². The van der Waals surface area contributed by atoms with Gasteiger partial charge in [-0.1, -0.05) is 60.3 Å². The summed E-state index contributed by atoms with van der Waals surface area (Å²) in [6.07, 6.45) is 6.10. The SMILES string of the molecule is COCc1cc(N2CCN(C/C=C/c3ccccc3)CC2)nc(SCc2ccc(C(=O)NCc3ccccn3)o2)n1. The number of amides is 1. The normalized spacial score (nSPS) is 14.0. The van der Waals surface area contributed by atoms with Crippen molar-refractivity contribution in [1.82, 2.24) is 25.2 Å². The number of ether oxygens (including phenoxy) is 1. The van der Waals surface area contributed by atoms with Gasteiger partial charge in [0.1, 0.15) is 11.6 Å². The van der Waals surface area contributed by atoms with Gasteiger partial charge in [-0.15, -0.1) is 0 Å². The number of hydrogen-bond donors (Lipinski definition) is 1. The largest absolute Gasteiger partial charge is 0.455 e. The molecule has 1 aromatic carbocycles. The van der Waals surface area contributed by atoms with Gasteiger partial charge in [0.25, 0.3) is 5.91 Å². The third-order valence-electron chi connectivity index (χ3n) is 6.59. The van der Waals surface area contributed by atoms with Gasteiger partial charge >= 0.3 is 0 Å². The zero-order valence-corrected chi connectivity index (χ0v) is 23.9. The molecule has 0 aliphatic carbocycles. The van der Waals surface area contributed by atoms with Crippen LogP contribution in [0.1, 0.15) is 33.3 Å². The number of nitrogens with one attached hydrogen (secondary N) is 1. The molecule has 0 bridgehead atoms. The maximum absolute atomic E-state index is 12.5. The summed E-state index contributed by atoms with van der Waals surface area (Å²) in [7, 11) is 1.67. The van der Waals surface area contributed by atoms with Crippen LogP contribution >= 0.6 is 11.8 Å². The number of pyridine rings is 1. The van der Waals surface area contributed by atoms with Crippen molar-refractivity contribution < 1.29 is 13.9 Å². The fourth-order valence-corrected chi connectivity index (χ4v) is 5.21. The molecule has 4 aromatic rings. The summed E-state index contributed by atoms with van der Waals surface area (Å²) in [6.45, 7) is 5.38. The molecular weight excluding hydrogens is 536 g/mol. The van der Waals surface area contributed by atoms with Gasteiger partial charge in [-0.05, 0) is 29.8 Å². The lowest BCUT2D eigenvalue weighted by Crippen LogP contribution is -2.46. The van der Waals surface area contributed by atoms with Crippen molar-refractivity contribution >= 4 is 29.6 Å². The fourth-order valence-electron chi connectivity index (χ4n) is 4.44. The van der Waals surface area contributed by atoms with E-state index in [9.17, 15) is 4.79 Å². The van der Waals surface area contributed by atoms with Crippen molar-refractivity contribution in [2.24, 2.45) is 0 Å². The number of nitrogens with zero attached hydrogens (tertiary/aromatic N) is 5. The minimum Gasteiger partial charge on any atom is -0.455 e. The maximum atomic E-state index is 12.5. The third kappa shape index (κ3) is 8.50. The highest BCUT2D eigenvalue weighted by Gasteiger charge is 2.19. The van der Waals surface area contributed by atoms with E-state index in [2.05, 4.69) is 61.5 Å². The summed E-state index contributed by atoms with van der Waals surface area (Å²) >= 11 is 1.48. The number of rotatable bonds is 12. The molecule has 212 valence electrons. The van der Waals surface area contributed by atoms with Crippen molar-refractivity contribution in [2.45, 2.75) is 24.1 Å². The molecule has 0 saturated carbocycles. The number of anilines is 1. The summed E-state index contributed by atoms with van der Waals surface area (Å²) in [5.41, 5.74) is 2.84. The zero-order chi connectivity index (χ0) is 28.3. The molecule has 4 heterocycles. The van der Waals surface area contributed by atoms with Gasteiger partial charge in [0.15, 0.2) is 10.9 Å². The lowest BCUT2D eigenvalue weighted by molar-refractivity contribution is 0.0921. The number of carbonyl (C=O) groups excluding carboxylic acids is 1. The van der Waals surface area contributed by atoms with Gasteiger partial charge in [0.05, 0.1) is 30.3 Å². The summed E-state index contributed by atoms with van der Waals surface area (Å²) in [5, 5.41) is 3.49. The lowest BCUT2D eigenvalue weighted by Gasteiger charge is -2.35. The molecule has 0 unspecified atom stereocenters. The summed E-state index contributed by atoms with van der Waals surface area (Å²) in [6, 6.07) is 21.5. The molecule has 1 aliphatic rings. The molecule has 10 heteroatoms. The second kappa shape index (κ2) is 14.6. The highest BCUT2D eigenvalue weighted by atomic mass is 32.2. The molecule has 3 aromatic heterocycles. The third-order valence-corrected chi connectivity index (χ3v) is 7.46. The Kier molecular flexibility index (Phi) is 10.2. The van der Waals surface area contributed by atoms with Gasteiger partial charge in [0.2, 0.25) is 0 Å². The smallest absolute Gasteiger partial charge is 0.287 e. The number of aromatic nitrogens is 3. The van der Waals surface area contributed by atoms with Gasteiger partial charge in [0, 0.05) is 52.1 Å². The Hall–Kier alpha value is -3.99. The van der Waals surface area contributed by atoms with E-state index in [0.717, 1.165) is 49.9 Å². The average Bonchev–Trinajstić information content (AvgIpc) is 3.50. The Morgan fingerprint density at radius 1 is 1.02 bits per heavy atom. The van der Waals surface area contributed by atoms with Crippen LogP contribution in [0.2, 0.25) is 0 Å². The maximum Gasteiger partial charge on any atom is 0.287 e. The molecule has 1 aliphatic heterocycles.